The molecular weight excluding hydrogens is 170 g/mol. The molecule has 14 heavy (non-hydrogen) atoms. The molecule has 1 aliphatic heterocycles. The first-order chi connectivity index (χ1) is 6.95. The highest BCUT2D eigenvalue weighted by atomic mass is 15.0. The van der Waals surface area contributed by atoms with Gasteiger partial charge in [-0.15, -0.1) is 0 Å². The summed E-state index contributed by atoms with van der Waals surface area (Å²) >= 11 is 0. The first-order valence-corrected chi connectivity index (χ1v) is 5.16. The van der Waals surface area contributed by atoms with E-state index >= 15 is 0 Å². The molecule has 1 atom stereocenters. The van der Waals surface area contributed by atoms with Gasteiger partial charge in [-0.2, -0.15) is 0 Å². The predicted molar refractivity (Wildman–Crippen MR) is 59.3 cm³/mol. The summed E-state index contributed by atoms with van der Waals surface area (Å²) in [6, 6.07) is 15.8. The standard InChI is InChI=1S/C13H13N/c1-2-6-11-10(4-1)5-3-7-12(11)13-8-9-14-13/h1-7,13-14H,8-9H2/t13-/m0/s1. The van der Waals surface area contributed by atoms with Crippen LogP contribution in [0.3, 0.4) is 0 Å². The monoisotopic (exact) mass is 183 g/mol. The molecule has 1 aliphatic rings. The molecule has 1 heterocycles. The SMILES string of the molecule is c1ccc2c([C@@H]3CCN3)cccc2c1. The Morgan fingerprint density at radius 3 is 2.57 bits per heavy atom. The summed E-state index contributed by atoms with van der Waals surface area (Å²) in [4.78, 5) is 0. The molecule has 1 nitrogen and oxygen atoms in total. The zero-order valence-corrected chi connectivity index (χ0v) is 8.03. The summed E-state index contributed by atoms with van der Waals surface area (Å²) in [5.74, 6) is 0. The molecule has 2 aromatic rings. The topological polar surface area (TPSA) is 12.0 Å². The second-order valence-corrected chi connectivity index (χ2v) is 3.86. The summed E-state index contributed by atoms with van der Waals surface area (Å²) in [6.45, 7) is 1.16. The van der Waals surface area contributed by atoms with E-state index in [1.54, 1.807) is 0 Å². The molecular formula is C13H13N. The van der Waals surface area contributed by atoms with Gasteiger partial charge in [0.05, 0.1) is 0 Å². The van der Waals surface area contributed by atoms with Gasteiger partial charge in [0.1, 0.15) is 0 Å². The van der Waals surface area contributed by atoms with Gasteiger partial charge in [-0.3, -0.25) is 0 Å². The third-order valence-electron chi connectivity index (χ3n) is 3.02. The fourth-order valence-electron chi connectivity index (χ4n) is 2.11. The number of rotatable bonds is 1. The summed E-state index contributed by atoms with van der Waals surface area (Å²) < 4.78 is 0. The van der Waals surface area contributed by atoms with Crippen LogP contribution in [0, 0.1) is 0 Å². The van der Waals surface area contributed by atoms with Crippen LogP contribution in [0.25, 0.3) is 10.8 Å². The van der Waals surface area contributed by atoms with Crippen molar-refractivity contribution in [1.29, 1.82) is 0 Å². The maximum atomic E-state index is 3.45. The van der Waals surface area contributed by atoms with Crippen LogP contribution in [0.5, 0.6) is 0 Å². The van der Waals surface area contributed by atoms with Gasteiger partial charge in [-0.05, 0) is 29.3 Å². The minimum atomic E-state index is 0.584. The van der Waals surface area contributed by atoms with Crippen LogP contribution in [-0.4, -0.2) is 6.54 Å². The zero-order valence-electron chi connectivity index (χ0n) is 8.03. The molecule has 3 rings (SSSR count). The van der Waals surface area contributed by atoms with Crippen molar-refractivity contribution >= 4 is 10.8 Å². The zero-order chi connectivity index (χ0) is 9.38. The van der Waals surface area contributed by atoms with E-state index in [0.717, 1.165) is 6.54 Å². The Kier molecular flexibility index (Phi) is 1.78. The minimum absolute atomic E-state index is 0.584. The van der Waals surface area contributed by atoms with Crippen molar-refractivity contribution in [3.63, 3.8) is 0 Å². The molecule has 0 unspecified atom stereocenters. The lowest BCUT2D eigenvalue weighted by atomic mass is 9.93. The quantitative estimate of drug-likeness (QED) is 0.716. The van der Waals surface area contributed by atoms with E-state index < -0.39 is 0 Å². The van der Waals surface area contributed by atoms with E-state index in [2.05, 4.69) is 47.8 Å². The summed E-state index contributed by atoms with van der Waals surface area (Å²) in [7, 11) is 0. The lowest BCUT2D eigenvalue weighted by Gasteiger charge is -2.29. The van der Waals surface area contributed by atoms with Crippen molar-refractivity contribution < 1.29 is 0 Å². The van der Waals surface area contributed by atoms with Gasteiger partial charge in [0.25, 0.3) is 0 Å². The van der Waals surface area contributed by atoms with Crippen molar-refractivity contribution in [2.24, 2.45) is 0 Å². The number of hydrogen-bond acceptors (Lipinski definition) is 1. The average molecular weight is 183 g/mol. The molecule has 0 aliphatic carbocycles. The smallest absolute Gasteiger partial charge is 0.0338 e. The molecule has 0 radical (unpaired) electrons. The summed E-state index contributed by atoms with van der Waals surface area (Å²) in [6.07, 6.45) is 1.27. The molecule has 2 aromatic carbocycles. The summed E-state index contributed by atoms with van der Waals surface area (Å²) in [5.41, 5.74) is 1.45. The van der Waals surface area contributed by atoms with Crippen molar-refractivity contribution in [2.45, 2.75) is 12.5 Å². The number of hydrogen-bond donors (Lipinski definition) is 1. The molecule has 1 N–H and O–H groups in total. The van der Waals surface area contributed by atoms with Gasteiger partial charge in [-0.1, -0.05) is 42.5 Å². The molecule has 0 amide bonds. The fraction of sp³-hybridized carbons (Fsp3) is 0.231. The number of benzene rings is 2. The normalized spacial score (nSPS) is 20.7. The van der Waals surface area contributed by atoms with E-state index in [0.29, 0.717) is 6.04 Å². The highest BCUT2D eigenvalue weighted by Crippen LogP contribution is 2.29. The van der Waals surface area contributed by atoms with E-state index in [4.69, 9.17) is 0 Å². The minimum Gasteiger partial charge on any atom is -0.310 e. The van der Waals surface area contributed by atoms with Crippen LogP contribution in [0.2, 0.25) is 0 Å². The van der Waals surface area contributed by atoms with Gasteiger partial charge in [-0.25, -0.2) is 0 Å². The average Bonchev–Trinajstić information content (AvgIpc) is 2.16. The van der Waals surface area contributed by atoms with Crippen LogP contribution in [0.4, 0.5) is 0 Å². The molecule has 1 heteroatoms. The highest BCUT2D eigenvalue weighted by molar-refractivity contribution is 5.86. The third kappa shape index (κ3) is 1.13. The molecule has 70 valence electrons. The second kappa shape index (κ2) is 3.10. The van der Waals surface area contributed by atoms with Crippen molar-refractivity contribution in [2.75, 3.05) is 6.54 Å². The lowest BCUT2D eigenvalue weighted by Crippen LogP contribution is -2.34. The van der Waals surface area contributed by atoms with Crippen LogP contribution in [-0.2, 0) is 0 Å². The van der Waals surface area contributed by atoms with Crippen LogP contribution >= 0.6 is 0 Å². The Morgan fingerprint density at radius 2 is 1.79 bits per heavy atom. The Labute approximate surface area is 83.8 Å². The van der Waals surface area contributed by atoms with Gasteiger partial charge >= 0.3 is 0 Å². The van der Waals surface area contributed by atoms with Gasteiger partial charge in [0, 0.05) is 6.04 Å². The Bertz CT molecular complexity index is 452. The molecule has 0 aromatic heterocycles. The fourth-order valence-corrected chi connectivity index (χ4v) is 2.11. The molecule has 0 bridgehead atoms. The maximum absolute atomic E-state index is 3.45. The lowest BCUT2D eigenvalue weighted by molar-refractivity contribution is 0.385. The Balaban J connectivity index is 2.22. The predicted octanol–water partition coefficient (Wildman–Crippen LogP) is 2.87. The Morgan fingerprint density at radius 1 is 1.00 bits per heavy atom. The van der Waals surface area contributed by atoms with E-state index in [1.165, 1.54) is 22.8 Å². The van der Waals surface area contributed by atoms with Gasteiger partial charge < -0.3 is 5.32 Å². The largest absolute Gasteiger partial charge is 0.310 e. The number of fused-ring (bicyclic) bond motifs is 1. The van der Waals surface area contributed by atoms with Gasteiger partial charge in [0.15, 0.2) is 0 Å². The third-order valence-corrected chi connectivity index (χ3v) is 3.02. The maximum Gasteiger partial charge on any atom is 0.0338 e. The van der Waals surface area contributed by atoms with Crippen LogP contribution in [0.1, 0.15) is 18.0 Å². The molecule has 0 spiro atoms. The summed E-state index contributed by atoms with van der Waals surface area (Å²) in [5, 5.41) is 6.20. The first-order valence-electron chi connectivity index (χ1n) is 5.16. The molecule has 1 saturated heterocycles. The highest BCUT2D eigenvalue weighted by Gasteiger charge is 2.19. The van der Waals surface area contributed by atoms with Gasteiger partial charge in [0.2, 0.25) is 0 Å². The van der Waals surface area contributed by atoms with E-state index in [1.807, 2.05) is 0 Å². The van der Waals surface area contributed by atoms with Crippen LogP contribution < -0.4 is 5.32 Å². The van der Waals surface area contributed by atoms with Crippen molar-refractivity contribution in [1.82, 2.24) is 5.32 Å². The number of nitrogens with one attached hydrogen (secondary N) is 1. The molecule has 0 saturated carbocycles. The second-order valence-electron chi connectivity index (χ2n) is 3.86. The van der Waals surface area contributed by atoms with E-state index in [-0.39, 0.29) is 0 Å². The van der Waals surface area contributed by atoms with Crippen LogP contribution in [0.15, 0.2) is 42.5 Å². The molecule has 1 fully saturated rings. The van der Waals surface area contributed by atoms with Crippen molar-refractivity contribution in [3.05, 3.63) is 48.0 Å². The van der Waals surface area contributed by atoms with E-state index in [9.17, 15) is 0 Å². The van der Waals surface area contributed by atoms with Crippen molar-refractivity contribution in [3.8, 4) is 0 Å². The first kappa shape index (κ1) is 8.01. The Hall–Kier alpha value is -1.34.